The van der Waals surface area contributed by atoms with Gasteiger partial charge in [0, 0.05) is 38.3 Å². The van der Waals surface area contributed by atoms with Crippen molar-refractivity contribution in [3.63, 3.8) is 0 Å². The number of primary amides is 1. The highest BCUT2D eigenvalue weighted by Crippen LogP contribution is 2.24. The number of benzene rings is 1. The van der Waals surface area contributed by atoms with E-state index in [-0.39, 0.29) is 4.90 Å². The summed E-state index contributed by atoms with van der Waals surface area (Å²) in [5.74, 6) is -0.130. The van der Waals surface area contributed by atoms with Crippen molar-refractivity contribution in [2.45, 2.75) is 25.3 Å². The first-order valence-corrected chi connectivity index (χ1v) is 9.77. The fourth-order valence-electron chi connectivity index (χ4n) is 3.13. The van der Waals surface area contributed by atoms with Gasteiger partial charge >= 0.3 is 0 Å². The quantitative estimate of drug-likeness (QED) is 0.828. The van der Waals surface area contributed by atoms with E-state index in [4.69, 9.17) is 10.3 Å². The molecular weight excluding hydrogens is 356 g/mol. The minimum Gasteiger partial charge on any atom is -0.366 e. The van der Waals surface area contributed by atoms with Crippen molar-refractivity contribution >= 4 is 15.9 Å². The predicted molar refractivity (Wildman–Crippen MR) is 95.0 cm³/mol. The Balaban J connectivity index is 1.63. The number of aromatic nitrogens is 1. The zero-order valence-electron chi connectivity index (χ0n) is 14.8. The summed E-state index contributed by atoms with van der Waals surface area (Å²) in [5.41, 5.74) is 7.16. The lowest BCUT2D eigenvalue weighted by atomic mass is 10.1. The van der Waals surface area contributed by atoms with Gasteiger partial charge in [0.25, 0.3) is 0 Å². The molecule has 0 unspecified atom stereocenters. The summed E-state index contributed by atoms with van der Waals surface area (Å²) in [6, 6.07) is 7.14. The van der Waals surface area contributed by atoms with E-state index in [1.54, 1.807) is 26.0 Å². The number of piperazine rings is 1. The van der Waals surface area contributed by atoms with Crippen molar-refractivity contribution in [3.8, 4) is 0 Å². The molecule has 1 aromatic carbocycles. The third-order valence-electron chi connectivity index (χ3n) is 4.54. The maximum atomic E-state index is 12.8. The lowest BCUT2D eigenvalue weighted by molar-refractivity contribution is 0.1000. The van der Waals surface area contributed by atoms with Gasteiger partial charge in [-0.3, -0.25) is 9.69 Å². The molecule has 0 atom stereocenters. The summed E-state index contributed by atoms with van der Waals surface area (Å²) in [4.78, 5) is 13.5. The number of nitrogens with zero attached hydrogens (tertiary/aromatic N) is 3. The molecule has 1 aromatic heterocycles. The Morgan fingerprint density at radius 1 is 1.15 bits per heavy atom. The van der Waals surface area contributed by atoms with E-state index in [9.17, 15) is 13.2 Å². The average Bonchev–Trinajstić information content (AvgIpc) is 2.95. The Morgan fingerprint density at radius 2 is 1.77 bits per heavy atom. The highest BCUT2D eigenvalue weighted by molar-refractivity contribution is 7.89. The van der Waals surface area contributed by atoms with Crippen molar-refractivity contribution in [2.75, 3.05) is 26.2 Å². The number of carbonyl (C=O) groups excluding carboxylic acids is 1. The van der Waals surface area contributed by atoms with E-state index < -0.39 is 15.9 Å². The van der Waals surface area contributed by atoms with E-state index in [0.29, 0.717) is 49.7 Å². The van der Waals surface area contributed by atoms with Gasteiger partial charge in [-0.1, -0.05) is 17.3 Å². The zero-order chi connectivity index (χ0) is 18.9. The van der Waals surface area contributed by atoms with Gasteiger partial charge in [-0.05, 0) is 31.5 Å². The average molecular weight is 378 g/mol. The van der Waals surface area contributed by atoms with Gasteiger partial charge in [-0.25, -0.2) is 8.42 Å². The number of carbonyl (C=O) groups is 1. The summed E-state index contributed by atoms with van der Waals surface area (Å²) in [6.07, 6.45) is 0. The van der Waals surface area contributed by atoms with Gasteiger partial charge in [0.2, 0.25) is 15.9 Å². The number of hydrogen-bond acceptors (Lipinski definition) is 6. The van der Waals surface area contributed by atoms with Crippen LogP contribution in [0.3, 0.4) is 0 Å². The first-order valence-electron chi connectivity index (χ1n) is 8.33. The van der Waals surface area contributed by atoms with Gasteiger partial charge in [-0.15, -0.1) is 0 Å². The lowest BCUT2D eigenvalue weighted by Crippen LogP contribution is -2.48. The molecule has 2 heterocycles. The zero-order valence-corrected chi connectivity index (χ0v) is 15.6. The molecule has 2 N–H and O–H groups in total. The molecule has 2 aromatic rings. The molecule has 1 amide bonds. The molecule has 0 radical (unpaired) electrons. The minimum absolute atomic E-state index is 0.174. The van der Waals surface area contributed by atoms with Crippen molar-refractivity contribution in [2.24, 2.45) is 5.73 Å². The molecule has 1 saturated heterocycles. The molecule has 140 valence electrons. The normalized spacial score (nSPS) is 16.7. The molecule has 0 spiro atoms. The Morgan fingerprint density at radius 3 is 2.27 bits per heavy atom. The topological polar surface area (TPSA) is 110 Å². The molecule has 1 aliphatic heterocycles. The summed E-state index contributed by atoms with van der Waals surface area (Å²) >= 11 is 0. The Bertz CT molecular complexity index is 878. The Hall–Kier alpha value is -2.23. The van der Waals surface area contributed by atoms with Crippen molar-refractivity contribution in [3.05, 3.63) is 46.8 Å². The highest BCUT2D eigenvalue weighted by atomic mass is 32.2. The number of hydrogen-bond donors (Lipinski definition) is 1. The van der Waals surface area contributed by atoms with Crippen LogP contribution in [0.5, 0.6) is 0 Å². The Labute approximate surface area is 152 Å². The van der Waals surface area contributed by atoms with Crippen molar-refractivity contribution in [1.29, 1.82) is 0 Å². The monoisotopic (exact) mass is 378 g/mol. The molecule has 1 fully saturated rings. The van der Waals surface area contributed by atoms with Gasteiger partial charge in [0.15, 0.2) is 5.76 Å². The van der Waals surface area contributed by atoms with Crippen LogP contribution in [-0.2, 0) is 16.6 Å². The SMILES string of the molecule is Cc1noc(C)c1S(=O)(=O)N1CCN(Cc2ccc(C(N)=O)cc2)CC1. The number of nitrogens with two attached hydrogens (primary N) is 1. The van der Waals surface area contributed by atoms with Crippen LogP contribution < -0.4 is 5.73 Å². The number of sulfonamides is 1. The van der Waals surface area contributed by atoms with Crippen LogP contribution in [0.4, 0.5) is 0 Å². The van der Waals surface area contributed by atoms with Crippen LogP contribution in [-0.4, -0.2) is 54.9 Å². The first kappa shape index (κ1) is 18.6. The standard InChI is InChI=1S/C17H22N4O4S/c1-12-16(13(2)25-19-12)26(23,24)21-9-7-20(8-10-21)11-14-3-5-15(6-4-14)17(18)22/h3-6H,7-11H2,1-2H3,(H2,18,22). The maximum Gasteiger partial charge on any atom is 0.248 e. The second-order valence-electron chi connectivity index (χ2n) is 6.39. The fourth-order valence-corrected chi connectivity index (χ4v) is 4.85. The molecule has 0 aliphatic carbocycles. The summed E-state index contributed by atoms with van der Waals surface area (Å²) in [7, 11) is -3.59. The molecule has 9 heteroatoms. The van der Waals surface area contributed by atoms with Crippen LogP contribution in [0.2, 0.25) is 0 Å². The number of aryl methyl sites for hydroxylation is 2. The highest BCUT2D eigenvalue weighted by Gasteiger charge is 2.33. The molecule has 8 nitrogen and oxygen atoms in total. The van der Waals surface area contributed by atoms with E-state index in [1.807, 2.05) is 12.1 Å². The third-order valence-corrected chi connectivity index (χ3v) is 6.69. The smallest absolute Gasteiger partial charge is 0.248 e. The van der Waals surface area contributed by atoms with Crippen molar-refractivity contribution in [1.82, 2.24) is 14.4 Å². The summed E-state index contributed by atoms with van der Waals surface area (Å²) in [5, 5.41) is 3.74. The van der Waals surface area contributed by atoms with E-state index >= 15 is 0 Å². The van der Waals surface area contributed by atoms with Crippen LogP contribution in [0.1, 0.15) is 27.4 Å². The van der Waals surface area contributed by atoms with Gasteiger partial charge in [0.1, 0.15) is 10.6 Å². The van der Waals surface area contributed by atoms with Crippen molar-refractivity contribution < 1.29 is 17.7 Å². The number of rotatable bonds is 5. The Kier molecular flexibility index (Phi) is 5.12. The van der Waals surface area contributed by atoms with Crippen LogP contribution in [0.15, 0.2) is 33.7 Å². The molecular formula is C17H22N4O4S. The molecule has 26 heavy (non-hydrogen) atoms. The molecule has 0 saturated carbocycles. The van der Waals surface area contributed by atoms with E-state index in [2.05, 4.69) is 10.1 Å². The third kappa shape index (κ3) is 3.64. The molecule has 0 bridgehead atoms. The first-order chi connectivity index (χ1) is 12.3. The van der Waals surface area contributed by atoms with Gasteiger partial charge < -0.3 is 10.3 Å². The van der Waals surface area contributed by atoms with Crippen LogP contribution >= 0.6 is 0 Å². The maximum absolute atomic E-state index is 12.8. The second-order valence-corrected chi connectivity index (χ2v) is 8.27. The van der Waals surface area contributed by atoms with Crippen LogP contribution in [0, 0.1) is 13.8 Å². The minimum atomic E-state index is -3.59. The molecule has 3 rings (SSSR count). The largest absolute Gasteiger partial charge is 0.366 e. The fraction of sp³-hybridized carbons (Fsp3) is 0.412. The lowest BCUT2D eigenvalue weighted by Gasteiger charge is -2.33. The van der Waals surface area contributed by atoms with E-state index in [0.717, 1.165) is 5.56 Å². The number of amides is 1. The second kappa shape index (κ2) is 7.18. The summed E-state index contributed by atoms with van der Waals surface area (Å²) in [6.45, 7) is 6.00. The van der Waals surface area contributed by atoms with Gasteiger partial charge in [-0.2, -0.15) is 4.31 Å². The molecule has 1 aliphatic rings. The van der Waals surface area contributed by atoms with Gasteiger partial charge in [0.05, 0.1) is 0 Å². The summed E-state index contributed by atoms with van der Waals surface area (Å²) < 4.78 is 32.1. The predicted octanol–water partition coefficient (Wildman–Crippen LogP) is 0.897. The van der Waals surface area contributed by atoms with E-state index in [1.165, 1.54) is 4.31 Å². The van der Waals surface area contributed by atoms with Crippen LogP contribution in [0.25, 0.3) is 0 Å².